The van der Waals surface area contributed by atoms with Gasteiger partial charge in [0.2, 0.25) is 0 Å². The van der Waals surface area contributed by atoms with Crippen molar-refractivity contribution in [3.8, 4) is 0 Å². The first-order chi connectivity index (χ1) is 5.87. The highest BCUT2D eigenvalue weighted by molar-refractivity contribution is 8.00. The van der Waals surface area contributed by atoms with Crippen LogP contribution in [0.1, 0.15) is 39.0 Å². The Balaban J connectivity index is 2.05. The van der Waals surface area contributed by atoms with E-state index in [1.165, 1.54) is 44.4 Å². The zero-order valence-electron chi connectivity index (χ0n) is 7.94. The van der Waals surface area contributed by atoms with Crippen LogP contribution in [-0.4, -0.2) is 17.2 Å². The van der Waals surface area contributed by atoms with E-state index in [1.54, 1.807) is 0 Å². The van der Waals surface area contributed by atoms with Crippen molar-refractivity contribution in [1.82, 2.24) is 5.32 Å². The maximum absolute atomic E-state index is 3.76. The lowest BCUT2D eigenvalue weighted by atomic mass is 9.99. The van der Waals surface area contributed by atoms with Gasteiger partial charge in [-0.2, -0.15) is 0 Å². The summed E-state index contributed by atoms with van der Waals surface area (Å²) in [5.41, 5.74) is 0. The lowest BCUT2D eigenvalue weighted by Crippen LogP contribution is -2.48. The highest BCUT2D eigenvalue weighted by atomic mass is 32.2. The molecule has 0 aromatic carbocycles. The van der Waals surface area contributed by atoms with E-state index >= 15 is 0 Å². The van der Waals surface area contributed by atoms with Crippen molar-refractivity contribution in [2.75, 3.05) is 12.3 Å². The molecule has 1 saturated heterocycles. The largest absolute Gasteiger partial charge is 0.303 e. The molecule has 1 N–H and O–H groups in total. The minimum absolute atomic E-state index is 0.507. The average Bonchev–Trinajstić information content (AvgIpc) is 2.49. The zero-order valence-corrected chi connectivity index (χ0v) is 8.75. The molecule has 2 rings (SSSR count). The van der Waals surface area contributed by atoms with Crippen LogP contribution < -0.4 is 5.32 Å². The molecule has 1 aliphatic heterocycles. The van der Waals surface area contributed by atoms with Crippen LogP contribution in [0.4, 0.5) is 0 Å². The highest BCUT2D eigenvalue weighted by Gasteiger charge is 2.42. The molecule has 0 radical (unpaired) electrons. The second-order valence-electron chi connectivity index (χ2n) is 4.02. The second-order valence-corrected chi connectivity index (χ2v) is 5.44. The maximum Gasteiger partial charge on any atom is 0.0673 e. The summed E-state index contributed by atoms with van der Waals surface area (Å²) >= 11 is 2.19. The Bertz CT molecular complexity index is 152. The van der Waals surface area contributed by atoms with Gasteiger partial charge in [-0.3, -0.25) is 0 Å². The van der Waals surface area contributed by atoms with E-state index in [9.17, 15) is 0 Å². The van der Waals surface area contributed by atoms with Gasteiger partial charge in [0, 0.05) is 0 Å². The Morgan fingerprint density at radius 2 is 2.42 bits per heavy atom. The van der Waals surface area contributed by atoms with E-state index in [-0.39, 0.29) is 0 Å². The number of nitrogens with one attached hydrogen (secondary N) is 1. The Kier molecular flexibility index (Phi) is 2.66. The summed E-state index contributed by atoms with van der Waals surface area (Å²) in [4.78, 5) is 0.507. The van der Waals surface area contributed by atoms with E-state index in [1.807, 2.05) is 0 Å². The second kappa shape index (κ2) is 3.59. The molecule has 12 heavy (non-hydrogen) atoms. The minimum Gasteiger partial charge on any atom is -0.303 e. The molecule has 1 spiro atoms. The molecule has 0 amide bonds. The van der Waals surface area contributed by atoms with Gasteiger partial charge in [-0.25, -0.2) is 0 Å². The van der Waals surface area contributed by atoms with Gasteiger partial charge in [0.15, 0.2) is 0 Å². The number of hydrogen-bond acceptors (Lipinski definition) is 2. The van der Waals surface area contributed by atoms with Crippen LogP contribution in [-0.2, 0) is 0 Å². The van der Waals surface area contributed by atoms with Crippen LogP contribution in [0.25, 0.3) is 0 Å². The molecule has 1 heterocycles. The third-order valence-corrected chi connectivity index (χ3v) is 5.05. The van der Waals surface area contributed by atoms with Gasteiger partial charge in [-0.1, -0.05) is 19.8 Å². The quantitative estimate of drug-likeness (QED) is 0.674. The summed E-state index contributed by atoms with van der Waals surface area (Å²) in [6, 6.07) is 0. The summed E-state index contributed by atoms with van der Waals surface area (Å²) in [6.07, 6.45) is 7.04. The highest BCUT2D eigenvalue weighted by Crippen LogP contribution is 2.46. The first-order valence-electron chi connectivity index (χ1n) is 5.26. The fourth-order valence-electron chi connectivity index (χ4n) is 2.68. The van der Waals surface area contributed by atoms with Gasteiger partial charge >= 0.3 is 0 Å². The maximum atomic E-state index is 3.76. The third-order valence-electron chi connectivity index (χ3n) is 3.36. The molecular formula is C10H19NS. The van der Waals surface area contributed by atoms with Crippen LogP contribution in [0.2, 0.25) is 0 Å². The summed E-state index contributed by atoms with van der Waals surface area (Å²) in [5, 5.41) is 3.76. The lowest BCUT2D eigenvalue weighted by molar-refractivity contribution is 0.345. The SMILES string of the molecule is CCC1CCCC12NCCCS2. The molecule has 2 heteroatoms. The van der Waals surface area contributed by atoms with Crippen LogP contribution in [0.15, 0.2) is 0 Å². The summed E-state index contributed by atoms with van der Waals surface area (Å²) in [7, 11) is 0. The smallest absolute Gasteiger partial charge is 0.0673 e. The van der Waals surface area contributed by atoms with Gasteiger partial charge < -0.3 is 5.32 Å². The first kappa shape index (κ1) is 8.89. The molecule has 0 aromatic rings. The monoisotopic (exact) mass is 185 g/mol. The molecule has 70 valence electrons. The molecule has 0 bridgehead atoms. The molecule has 1 saturated carbocycles. The summed E-state index contributed by atoms with van der Waals surface area (Å²) < 4.78 is 0. The van der Waals surface area contributed by atoms with E-state index in [2.05, 4.69) is 24.0 Å². The van der Waals surface area contributed by atoms with E-state index in [0.29, 0.717) is 4.87 Å². The molecule has 2 aliphatic rings. The molecule has 2 atom stereocenters. The van der Waals surface area contributed by atoms with E-state index in [4.69, 9.17) is 0 Å². The Hall–Kier alpha value is 0.310. The normalized spacial score (nSPS) is 42.2. The average molecular weight is 185 g/mol. The van der Waals surface area contributed by atoms with Crippen LogP contribution in [0, 0.1) is 5.92 Å². The van der Waals surface area contributed by atoms with Crippen molar-refractivity contribution < 1.29 is 0 Å². The Morgan fingerprint density at radius 1 is 1.50 bits per heavy atom. The Morgan fingerprint density at radius 3 is 3.08 bits per heavy atom. The lowest BCUT2D eigenvalue weighted by Gasteiger charge is -2.39. The van der Waals surface area contributed by atoms with E-state index < -0.39 is 0 Å². The van der Waals surface area contributed by atoms with Crippen molar-refractivity contribution in [2.24, 2.45) is 5.92 Å². The molecular weight excluding hydrogens is 166 g/mol. The molecule has 2 unspecified atom stereocenters. The third kappa shape index (κ3) is 1.39. The molecule has 1 nitrogen and oxygen atoms in total. The van der Waals surface area contributed by atoms with Gasteiger partial charge in [0.1, 0.15) is 0 Å². The summed E-state index contributed by atoms with van der Waals surface area (Å²) in [5.74, 6) is 2.33. The minimum atomic E-state index is 0.507. The van der Waals surface area contributed by atoms with Gasteiger partial charge in [-0.05, 0) is 37.5 Å². The number of thioether (sulfide) groups is 1. The fraction of sp³-hybridized carbons (Fsp3) is 1.00. The molecule has 1 aliphatic carbocycles. The standard InChI is InChI=1S/C10H19NS/c1-2-9-5-3-6-10(9)11-7-4-8-12-10/h9,11H,2-8H2,1H3. The van der Waals surface area contributed by atoms with Crippen molar-refractivity contribution in [2.45, 2.75) is 43.9 Å². The van der Waals surface area contributed by atoms with Crippen molar-refractivity contribution in [1.29, 1.82) is 0 Å². The molecule has 2 fully saturated rings. The van der Waals surface area contributed by atoms with Gasteiger partial charge in [0.25, 0.3) is 0 Å². The number of hydrogen-bond donors (Lipinski definition) is 1. The fourth-order valence-corrected chi connectivity index (χ4v) is 4.35. The number of rotatable bonds is 1. The van der Waals surface area contributed by atoms with Crippen molar-refractivity contribution in [3.63, 3.8) is 0 Å². The molecule has 0 aromatic heterocycles. The van der Waals surface area contributed by atoms with Crippen LogP contribution >= 0.6 is 11.8 Å². The topological polar surface area (TPSA) is 12.0 Å². The Labute approximate surface area is 79.7 Å². The van der Waals surface area contributed by atoms with Gasteiger partial charge in [-0.15, -0.1) is 11.8 Å². The van der Waals surface area contributed by atoms with Crippen molar-refractivity contribution >= 4 is 11.8 Å². The van der Waals surface area contributed by atoms with E-state index in [0.717, 1.165) is 5.92 Å². The predicted molar refractivity (Wildman–Crippen MR) is 55.4 cm³/mol. The zero-order chi connectivity index (χ0) is 8.44. The predicted octanol–water partition coefficient (Wildman–Crippen LogP) is 2.62. The summed E-state index contributed by atoms with van der Waals surface area (Å²) in [6.45, 7) is 3.60. The van der Waals surface area contributed by atoms with Gasteiger partial charge in [0.05, 0.1) is 4.87 Å². The van der Waals surface area contributed by atoms with Crippen LogP contribution in [0.3, 0.4) is 0 Å². The van der Waals surface area contributed by atoms with Crippen LogP contribution in [0.5, 0.6) is 0 Å². The van der Waals surface area contributed by atoms with Crippen molar-refractivity contribution in [3.05, 3.63) is 0 Å². The first-order valence-corrected chi connectivity index (χ1v) is 6.25.